The highest BCUT2D eigenvalue weighted by molar-refractivity contribution is 5.63. The maximum absolute atomic E-state index is 4.65. The van der Waals surface area contributed by atoms with Gasteiger partial charge in [-0.2, -0.15) is 4.98 Å². The van der Waals surface area contributed by atoms with Gasteiger partial charge < -0.3 is 10.6 Å². The van der Waals surface area contributed by atoms with Crippen molar-refractivity contribution >= 4 is 11.8 Å². The fourth-order valence-electron chi connectivity index (χ4n) is 2.57. The van der Waals surface area contributed by atoms with Crippen molar-refractivity contribution < 1.29 is 0 Å². The second-order valence-corrected chi connectivity index (χ2v) is 6.46. The molecule has 126 valence electrons. The lowest BCUT2D eigenvalue weighted by Crippen LogP contribution is -2.09. The van der Waals surface area contributed by atoms with Gasteiger partial charge in [-0.25, -0.2) is 4.98 Å². The zero-order chi connectivity index (χ0) is 17.1. The van der Waals surface area contributed by atoms with Crippen LogP contribution < -0.4 is 10.6 Å². The Kier molecular flexibility index (Phi) is 4.29. The molecule has 4 rings (SSSR count). The van der Waals surface area contributed by atoms with E-state index < -0.39 is 0 Å². The van der Waals surface area contributed by atoms with Crippen LogP contribution in [0.25, 0.3) is 11.3 Å². The number of rotatable bonds is 6. The molecule has 2 heterocycles. The minimum Gasteiger partial charge on any atom is -0.366 e. The molecule has 5 heteroatoms. The van der Waals surface area contributed by atoms with Gasteiger partial charge in [0, 0.05) is 36.6 Å². The predicted octanol–water partition coefficient (Wildman–Crippen LogP) is 4.03. The summed E-state index contributed by atoms with van der Waals surface area (Å²) in [7, 11) is 0. The molecule has 2 aromatic heterocycles. The molecule has 5 nitrogen and oxygen atoms in total. The maximum atomic E-state index is 4.65. The second kappa shape index (κ2) is 6.89. The van der Waals surface area contributed by atoms with Crippen molar-refractivity contribution in [2.75, 3.05) is 10.6 Å². The minimum atomic E-state index is 0.508. The van der Waals surface area contributed by atoms with Crippen LogP contribution in [0.3, 0.4) is 0 Å². The van der Waals surface area contributed by atoms with Gasteiger partial charge in [0.05, 0.1) is 5.69 Å². The molecule has 2 N–H and O–H groups in total. The molecule has 1 aliphatic carbocycles. The van der Waals surface area contributed by atoms with Crippen LogP contribution in [0.15, 0.2) is 54.9 Å². The number of aromatic nitrogens is 3. The van der Waals surface area contributed by atoms with E-state index in [2.05, 4.69) is 56.8 Å². The molecule has 1 fully saturated rings. The summed E-state index contributed by atoms with van der Waals surface area (Å²) in [6.07, 6.45) is 5.97. The van der Waals surface area contributed by atoms with Crippen LogP contribution in [0.1, 0.15) is 24.0 Å². The van der Waals surface area contributed by atoms with E-state index in [1.807, 2.05) is 24.4 Å². The molecule has 1 aliphatic rings. The molecular weight excluding hydrogens is 310 g/mol. The van der Waals surface area contributed by atoms with Gasteiger partial charge in [0.1, 0.15) is 5.82 Å². The predicted molar refractivity (Wildman–Crippen MR) is 100 cm³/mol. The van der Waals surface area contributed by atoms with Crippen molar-refractivity contribution in [2.24, 2.45) is 0 Å². The molecule has 3 aromatic rings. The monoisotopic (exact) mass is 331 g/mol. The lowest BCUT2D eigenvalue weighted by atomic mass is 10.1. The molecule has 0 aliphatic heterocycles. The molecule has 0 atom stereocenters. The Morgan fingerprint density at radius 2 is 1.92 bits per heavy atom. The van der Waals surface area contributed by atoms with Gasteiger partial charge in [0.15, 0.2) is 0 Å². The van der Waals surface area contributed by atoms with E-state index in [0.29, 0.717) is 12.0 Å². The molecule has 0 unspecified atom stereocenters. The van der Waals surface area contributed by atoms with E-state index in [9.17, 15) is 0 Å². The highest BCUT2D eigenvalue weighted by atomic mass is 15.2. The summed E-state index contributed by atoms with van der Waals surface area (Å²) in [5.41, 5.74) is 4.35. The van der Waals surface area contributed by atoms with Crippen molar-refractivity contribution in [1.29, 1.82) is 0 Å². The third-order valence-electron chi connectivity index (χ3n) is 4.19. The van der Waals surface area contributed by atoms with Gasteiger partial charge in [0.2, 0.25) is 5.95 Å². The fourth-order valence-corrected chi connectivity index (χ4v) is 2.57. The molecule has 1 aromatic carbocycles. The molecule has 0 saturated heterocycles. The number of nitrogens with one attached hydrogen (secondary N) is 2. The first kappa shape index (κ1) is 15.6. The van der Waals surface area contributed by atoms with Gasteiger partial charge in [-0.05, 0) is 37.5 Å². The van der Waals surface area contributed by atoms with Crippen molar-refractivity contribution in [3.63, 3.8) is 0 Å². The Morgan fingerprint density at radius 3 is 2.64 bits per heavy atom. The van der Waals surface area contributed by atoms with Crippen LogP contribution in [-0.2, 0) is 6.54 Å². The normalized spacial score (nSPS) is 13.5. The van der Waals surface area contributed by atoms with Crippen LogP contribution in [-0.4, -0.2) is 21.0 Å². The number of hydrogen-bond donors (Lipinski definition) is 2. The van der Waals surface area contributed by atoms with Gasteiger partial charge in [0.25, 0.3) is 0 Å². The van der Waals surface area contributed by atoms with Gasteiger partial charge in [-0.3, -0.25) is 4.98 Å². The first-order chi connectivity index (χ1) is 12.3. The Balaban J connectivity index is 1.57. The topological polar surface area (TPSA) is 62.7 Å². The van der Waals surface area contributed by atoms with Crippen LogP contribution in [0.2, 0.25) is 0 Å². The molecule has 0 radical (unpaired) electrons. The molecular formula is C20H21N5. The van der Waals surface area contributed by atoms with E-state index in [1.54, 1.807) is 6.20 Å². The summed E-state index contributed by atoms with van der Waals surface area (Å²) >= 11 is 0. The lowest BCUT2D eigenvalue weighted by molar-refractivity contribution is 1.03. The van der Waals surface area contributed by atoms with Crippen molar-refractivity contribution in [3.05, 3.63) is 66.0 Å². The highest BCUT2D eigenvalue weighted by Crippen LogP contribution is 2.26. The SMILES string of the molecule is Cc1ccc(CNc2cc(-c3cccnc3)nc(NC3CC3)n2)cc1. The number of hydrogen-bond acceptors (Lipinski definition) is 5. The average Bonchev–Trinajstić information content (AvgIpc) is 3.46. The third-order valence-corrected chi connectivity index (χ3v) is 4.19. The second-order valence-electron chi connectivity index (χ2n) is 6.46. The first-order valence-electron chi connectivity index (χ1n) is 8.62. The number of anilines is 2. The van der Waals surface area contributed by atoms with E-state index >= 15 is 0 Å². The molecule has 25 heavy (non-hydrogen) atoms. The maximum Gasteiger partial charge on any atom is 0.225 e. The smallest absolute Gasteiger partial charge is 0.225 e. The molecule has 0 spiro atoms. The number of aryl methyl sites for hydroxylation is 1. The van der Waals surface area contributed by atoms with Crippen molar-refractivity contribution in [2.45, 2.75) is 32.4 Å². The number of benzene rings is 1. The Bertz CT molecular complexity index is 842. The Hall–Kier alpha value is -2.95. The Labute approximate surface area is 147 Å². The molecule has 0 bridgehead atoms. The van der Waals surface area contributed by atoms with Crippen molar-refractivity contribution in [1.82, 2.24) is 15.0 Å². The first-order valence-corrected chi connectivity index (χ1v) is 8.62. The zero-order valence-corrected chi connectivity index (χ0v) is 14.2. The van der Waals surface area contributed by atoms with Crippen molar-refractivity contribution in [3.8, 4) is 11.3 Å². The highest BCUT2D eigenvalue weighted by Gasteiger charge is 2.22. The summed E-state index contributed by atoms with van der Waals surface area (Å²) in [5, 5.41) is 6.80. The van der Waals surface area contributed by atoms with Crippen LogP contribution >= 0.6 is 0 Å². The van der Waals surface area contributed by atoms with Gasteiger partial charge in [-0.1, -0.05) is 29.8 Å². The summed E-state index contributed by atoms with van der Waals surface area (Å²) in [4.78, 5) is 13.5. The van der Waals surface area contributed by atoms with E-state index in [-0.39, 0.29) is 0 Å². The van der Waals surface area contributed by atoms with Gasteiger partial charge >= 0.3 is 0 Å². The van der Waals surface area contributed by atoms with E-state index in [4.69, 9.17) is 0 Å². The largest absolute Gasteiger partial charge is 0.366 e. The van der Waals surface area contributed by atoms with E-state index in [1.165, 1.54) is 24.0 Å². The number of nitrogens with zero attached hydrogens (tertiary/aromatic N) is 3. The van der Waals surface area contributed by atoms with Crippen LogP contribution in [0.5, 0.6) is 0 Å². The summed E-state index contributed by atoms with van der Waals surface area (Å²) < 4.78 is 0. The lowest BCUT2D eigenvalue weighted by Gasteiger charge is -2.11. The standard InChI is InChI=1S/C20H21N5/c1-14-4-6-15(7-5-14)12-22-19-11-18(16-3-2-10-21-13-16)24-20(25-19)23-17-8-9-17/h2-7,10-11,13,17H,8-9,12H2,1H3,(H2,22,23,24,25). The summed E-state index contributed by atoms with van der Waals surface area (Å²) in [5.74, 6) is 1.49. The molecule has 1 saturated carbocycles. The third kappa shape index (κ3) is 4.12. The zero-order valence-electron chi connectivity index (χ0n) is 14.2. The van der Waals surface area contributed by atoms with Crippen LogP contribution in [0.4, 0.5) is 11.8 Å². The quantitative estimate of drug-likeness (QED) is 0.714. The van der Waals surface area contributed by atoms with Crippen LogP contribution in [0, 0.1) is 6.92 Å². The number of pyridine rings is 1. The van der Waals surface area contributed by atoms with Gasteiger partial charge in [-0.15, -0.1) is 0 Å². The summed E-state index contributed by atoms with van der Waals surface area (Å²) in [6, 6.07) is 14.9. The average molecular weight is 331 g/mol. The van der Waals surface area contributed by atoms with E-state index in [0.717, 1.165) is 23.6 Å². The minimum absolute atomic E-state index is 0.508. The molecule has 0 amide bonds. The fraction of sp³-hybridized carbons (Fsp3) is 0.250. The Morgan fingerprint density at radius 1 is 1.08 bits per heavy atom. The summed E-state index contributed by atoms with van der Waals surface area (Å²) in [6.45, 7) is 2.82.